The Balaban J connectivity index is 1.83. The molecular weight excluding hydrogens is 286 g/mol. The number of piperazine rings is 1. The summed E-state index contributed by atoms with van der Waals surface area (Å²) in [6.45, 7) is 10.8. The van der Waals surface area contributed by atoms with Gasteiger partial charge in [-0.2, -0.15) is 0 Å². The minimum atomic E-state index is 0.249. The molecule has 4 heteroatoms. The molecule has 1 aromatic rings. The second-order valence-electron chi connectivity index (χ2n) is 6.68. The summed E-state index contributed by atoms with van der Waals surface area (Å²) in [4.78, 5) is 19.2. The van der Waals surface area contributed by atoms with Crippen molar-refractivity contribution >= 4 is 5.91 Å². The van der Waals surface area contributed by atoms with Gasteiger partial charge >= 0.3 is 0 Å². The van der Waals surface area contributed by atoms with E-state index < -0.39 is 0 Å². The summed E-state index contributed by atoms with van der Waals surface area (Å²) in [5.74, 6) is 0.249. The molecule has 1 aliphatic heterocycles. The molecule has 1 amide bonds. The van der Waals surface area contributed by atoms with E-state index in [0.29, 0.717) is 12.6 Å². The van der Waals surface area contributed by atoms with Crippen LogP contribution in [0.2, 0.25) is 0 Å². The third-order valence-electron chi connectivity index (χ3n) is 5.21. The predicted octanol–water partition coefficient (Wildman–Crippen LogP) is 2.62. The topological polar surface area (TPSA) is 26.8 Å². The van der Waals surface area contributed by atoms with Crippen LogP contribution < -0.4 is 0 Å². The Bertz CT molecular complexity index is 483. The summed E-state index contributed by atoms with van der Waals surface area (Å²) < 4.78 is 0. The fourth-order valence-electron chi connectivity index (χ4n) is 3.11. The summed E-state index contributed by atoms with van der Waals surface area (Å²) in [5, 5.41) is 0. The Labute approximate surface area is 141 Å². The predicted molar refractivity (Wildman–Crippen MR) is 95.4 cm³/mol. The molecule has 23 heavy (non-hydrogen) atoms. The third kappa shape index (κ3) is 4.79. The molecule has 0 aliphatic carbocycles. The molecule has 1 heterocycles. The first-order chi connectivity index (χ1) is 11.0. The molecule has 2 atom stereocenters. The van der Waals surface area contributed by atoms with Gasteiger partial charge in [0.1, 0.15) is 0 Å². The molecule has 2 rings (SSSR count). The molecule has 1 unspecified atom stereocenters. The molecule has 0 spiro atoms. The van der Waals surface area contributed by atoms with Crippen LogP contribution in [0.4, 0.5) is 0 Å². The quantitative estimate of drug-likeness (QED) is 0.807. The van der Waals surface area contributed by atoms with E-state index in [9.17, 15) is 4.79 Å². The fraction of sp³-hybridized carbons (Fsp3) is 0.632. The Hall–Kier alpha value is -1.39. The molecule has 0 saturated carbocycles. The zero-order valence-electron chi connectivity index (χ0n) is 15.0. The highest BCUT2D eigenvalue weighted by atomic mass is 16.2. The largest absolute Gasteiger partial charge is 0.339 e. The molecule has 0 radical (unpaired) electrons. The minimum absolute atomic E-state index is 0.249. The van der Waals surface area contributed by atoms with Crippen molar-refractivity contribution in [1.29, 1.82) is 0 Å². The number of amides is 1. The Morgan fingerprint density at radius 2 is 1.74 bits per heavy atom. The maximum atomic E-state index is 12.6. The van der Waals surface area contributed by atoms with Crippen molar-refractivity contribution in [2.75, 3.05) is 39.8 Å². The van der Waals surface area contributed by atoms with Crippen molar-refractivity contribution in [2.24, 2.45) is 0 Å². The lowest BCUT2D eigenvalue weighted by Gasteiger charge is -2.38. The van der Waals surface area contributed by atoms with Crippen LogP contribution in [0.1, 0.15) is 38.8 Å². The van der Waals surface area contributed by atoms with Crippen LogP contribution in [0.5, 0.6) is 0 Å². The van der Waals surface area contributed by atoms with E-state index in [1.807, 2.05) is 18.0 Å². The zero-order chi connectivity index (χ0) is 16.8. The monoisotopic (exact) mass is 317 g/mol. The minimum Gasteiger partial charge on any atom is -0.339 e. The van der Waals surface area contributed by atoms with Gasteiger partial charge in [-0.25, -0.2) is 0 Å². The Kier molecular flexibility index (Phi) is 6.60. The smallest absolute Gasteiger partial charge is 0.236 e. The second-order valence-corrected chi connectivity index (χ2v) is 6.68. The highest BCUT2D eigenvalue weighted by Gasteiger charge is 2.24. The van der Waals surface area contributed by atoms with E-state index in [4.69, 9.17) is 0 Å². The molecule has 0 bridgehead atoms. The lowest BCUT2D eigenvalue weighted by Crippen LogP contribution is -2.53. The number of rotatable bonds is 6. The Morgan fingerprint density at radius 3 is 2.30 bits per heavy atom. The van der Waals surface area contributed by atoms with Gasteiger partial charge < -0.3 is 4.90 Å². The molecule has 1 aromatic carbocycles. The first-order valence-corrected chi connectivity index (χ1v) is 8.80. The van der Waals surface area contributed by atoms with Gasteiger partial charge in [0.25, 0.3) is 0 Å². The fourth-order valence-corrected chi connectivity index (χ4v) is 3.11. The number of likely N-dealkylation sites (N-methyl/N-ethyl adjacent to an activating group) is 1. The highest BCUT2D eigenvalue weighted by Crippen LogP contribution is 2.18. The molecule has 1 fully saturated rings. The zero-order valence-corrected chi connectivity index (χ0v) is 15.0. The summed E-state index contributed by atoms with van der Waals surface area (Å²) in [6.07, 6.45) is 1.17. The van der Waals surface area contributed by atoms with Gasteiger partial charge in [-0.3, -0.25) is 14.6 Å². The van der Waals surface area contributed by atoms with Crippen LogP contribution in [0.3, 0.4) is 0 Å². The van der Waals surface area contributed by atoms with Gasteiger partial charge in [0.15, 0.2) is 0 Å². The molecule has 0 N–H and O–H groups in total. The third-order valence-corrected chi connectivity index (χ3v) is 5.21. The van der Waals surface area contributed by atoms with E-state index in [1.165, 1.54) is 12.0 Å². The van der Waals surface area contributed by atoms with Gasteiger partial charge in [0.05, 0.1) is 6.54 Å². The van der Waals surface area contributed by atoms with Crippen LogP contribution in [0.25, 0.3) is 0 Å². The van der Waals surface area contributed by atoms with Crippen LogP contribution >= 0.6 is 0 Å². The average Bonchev–Trinajstić information content (AvgIpc) is 2.61. The van der Waals surface area contributed by atoms with Crippen LogP contribution in [0, 0.1) is 0 Å². The lowest BCUT2D eigenvalue weighted by atomic mass is 10.1. The van der Waals surface area contributed by atoms with Crippen molar-refractivity contribution in [3.63, 3.8) is 0 Å². The molecule has 0 aromatic heterocycles. The molecular formula is C19H31N3O. The molecule has 1 saturated heterocycles. The average molecular weight is 317 g/mol. The standard InChI is InChI=1S/C19H31N3O/c1-5-16(2)21-11-13-22(14-12-21)19(23)15-20(4)17(3)18-9-7-6-8-10-18/h6-10,16-17H,5,11-15H2,1-4H3/t16?,17-/m1/s1. The lowest BCUT2D eigenvalue weighted by molar-refractivity contribution is -0.134. The molecule has 4 nitrogen and oxygen atoms in total. The van der Waals surface area contributed by atoms with Gasteiger partial charge in [-0.05, 0) is 32.9 Å². The number of nitrogens with zero attached hydrogens (tertiary/aromatic N) is 3. The summed E-state index contributed by atoms with van der Waals surface area (Å²) in [5.41, 5.74) is 1.25. The summed E-state index contributed by atoms with van der Waals surface area (Å²) in [6, 6.07) is 11.2. The van der Waals surface area contributed by atoms with Crippen LogP contribution in [0.15, 0.2) is 30.3 Å². The van der Waals surface area contributed by atoms with Crippen molar-refractivity contribution in [1.82, 2.24) is 14.7 Å². The van der Waals surface area contributed by atoms with Crippen LogP contribution in [-0.2, 0) is 4.79 Å². The molecule has 1 aliphatic rings. The van der Waals surface area contributed by atoms with E-state index in [2.05, 4.69) is 54.8 Å². The number of hydrogen-bond donors (Lipinski definition) is 0. The van der Waals surface area contributed by atoms with Crippen molar-refractivity contribution in [3.05, 3.63) is 35.9 Å². The van der Waals surface area contributed by atoms with Gasteiger partial charge in [0.2, 0.25) is 5.91 Å². The van der Waals surface area contributed by atoms with Crippen molar-refractivity contribution in [2.45, 2.75) is 39.3 Å². The number of carbonyl (C=O) groups is 1. The number of benzene rings is 1. The number of carbonyl (C=O) groups excluding carboxylic acids is 1. The molecule has 128 valence electrons. The van der Waals surface area contributed by atoms with E-state index in [1.54, 1.807) is 0 Å². The maximum Gasteiger partial charge on any atom is 0.236 e. The van der Waals surface area contributed by atoms with E-state index >= 15 is 0 Å². The van der Waals surface area contributed by atoms with Crippen LogP contribution in [-0.4, -0.2) is 66.4 Å². The van der Waals surface area contributed by atoms with Crippen molar-refractivity contribution in [3.8, 4) is 0 Å². The Morgan fingerprint density at radius 1 is 1.13 bits per heavy atom. The SMILES string of the molecule is CCC(C)N1CCN(C(=O)CN(C)[C@H](C)c2ccccc2)CC1. The number of hydrogen-bond acceptors (Lipinski definition) is 3. The maximum absolute atomic E-state index is 12.6. The van der Waals surface area contributed by atoms with Gasteiger partial charge in [0, 0.05) is 38.3 Å². The van der Waals surface area contributed by atoms with E-state index in [-0.39, 0.29) is 11.9 Å². The summed E-state index contributed by atoms with van der Waals surface area (Å²) in [7, 11) is 2.03. The first kappa shape index (κ1) is 18.0. The second kappa shape index (κ2) is 8.46. The highest BCUT2D eigenvalue weighted by molar-refractivity contribution is 5.78. The summed E-state index contributed by atoms with van der Waals surface area (Å²) >= 11 is 0. The van der Waals surface area contributed by atoms with Gasteiger partial charge in [-0.15, -0.1) is 0 Å². The normalized spacial score (nSPS) is 18.9. The van der Waals surface area contributed by atoms with Gasteiger partial charge in [-0.1, -0.05) is 37.3 Å². The van der Waals surface area contributed by atoms with E-state index in [0.717, 1.165) is 26.2 Å². The first-order valence-electron chi connectivity index (χ1n) is 8.80. The van der Waals surface area contributed by atoms with Crippen molar-refractivity contribution < 1.29 is 4.79 Å².